The van der Waals surface area contributed by atoms with Crippen LogP contribution in [0.3, 0.4) is 0 Å². The van der Waals surface area contributed by atoms with Gasteiger partial charge in [-0.2, -0.15) is 0 Å². The molecule has 0 aromatic heterocycles. The molecule has 0 aliphatic heterocycles. The zero-order chi connectivity index (χ0) is 12.3. The second-order valence-corrected chi connectivity index (χ2v) is 5.69. The topological polar surface area (TPSA) is 77.3 Å². The molecule has 0 heterocycles. The Kier molecular flexibility index (Phi) is 3.88. The van der Waals surface area contributed by atoms with Crippen molar-refractivity contribution in [3.63, 3.8) is 0 Å². The lowest BCUT2D eigenvalue weighted by Crippen LogP contribution is -2.10. The van der Waals surface area contributed by atoms with Gasteiger partial charge in [0.2, 0.25) is 0 Å². The average Bonchev–Trinajstić information content (AvgIpc) is 2.16. The van der Waals surface area contributed by atoms with Crippen molar-refractivity contribution in [3.8, 4) is 0 Å². The van der Waals surface area contributed by atoms with Crippen LogP contribution in [0, 0.1) is 17.0 Å². The normalized spacial score (nSPS) is 11.4. The molecule has 0 aliphatic carbocycles. The van der Waals surface area contributed by atoms with Crippen molar-refractivity contribution in [1.82, 2.24) is 0 Å². The highest BCUT2D eigenvalue weighted by atomic mass is 35.5. The summed E-state index contributed by atoms with van der Waals surface area (Å²) in [7, 11) is -3.68. The van der Waals surface area contributed by atoms with Crippen molar-refractivity contribution in [2.45, 2.75) is 11.8 Å². The molecule has 0 saturated carbocycles. The Labute approximate surface area is 98.1 Å². The number of sulfone groups is 1. The summed E-state index contributed by atoms with van der Waals surface area (Å²) in [6.07, 6.45) is 0. The van der Waals surface area contributed by atoms with Gasteiger partial charge >= 0.3 is 0 Å². The molecule has 0 unspecified atom stereocenters. The van der Waals surface area contributed by atoms with Crippen LogP contribution in [0.5, 0.6) is 0 Å². The predicted octanol–water partition coefficient (Wildman–Crippen LogP) is 1.92. The number of hydrogen-bond donors (Lipinski definition) is 0. The van der Waals surface area contributed by atoms with Crippen molar-refractivity contribution in [3.05, 3.63) is 33.9 Å². The molecule has 7 heteroatoms. The minimum absolute atomic E-state index is 0.0899. The maximum Gasteiger partial charge on any atom is 0.288 e. The molecule has 1 aromatic carbocycles. The second-order valence-electron chi connectivity index (χ2n) is 3.24. The first-order chi connectivity index (χ1) is 7.38. The summed E-state index contributed by atoms with van der Waals surface area (Å²) in [6, 6.07) is 4.00. The number of hydrogen-bond acceptors (Lipinski definition) is 4. The molecule has 0 bridgehead atoms. The minimum Gasteiger partial charge on any atom is -0.258 e. The number of halogens is 1. The van der Waals surface area contributed by atoms with E-state index in [0.29, 0.717) is 5.56 Å². The quantitative estimate of drug-likeness (QED) is 0.472. The third kappa shape index (κ3) is 2.70. The Balaban J connectivity index is 3.39. The largest absolute Gasteiger partial charge is 0.288 e. The highest BCUT2D eigenvalue weighted by Crippen LogP contribution is 2.25. The number of aryl methyl sites for hydroxylation is 1. The zero-order valence-corrected chi connectivity index (χ0v) is 10.1. The van der Waals surface area contributed by atoms with Gasteiger partial charge in [0.15, 0.2) is 9.84 Å². The standard InChI is InChI=1S/C9H10ClNO4S/c1-7-2-3-9(8(6-7)11(12)13)16(14,15)5-4-10/h2-3,6H,4-5H2,1H3. The number of nitrogens with zero attached hydrogens (tertiary/aromatic N) is 1. The number of benzene rings is 1. The van der Waals surface area contributed by atoms with Gasteiger partial charge in [0, 0.05) is 11.9 Å². The molecule has 0 radical (unpaired) electrons. The second kappa shape index (κ2) is 4.80. The molecule has 0 fully saturated rings. The van der Waals surface area contributed by atoms with E-state index < -0.39 is 20.4 Å². The van der Waals surface area contributed by atoms with Crippen molar-refractivity contribution < 1.29 is 13.3 Å². The summed E-state index contributed by atoms with van der Waals surface area (Å²) < 4.78 is 23.4. The number of alkyl halides is 1. The smallest absolute Gasteiger partial charge is 0.258 e. The molecule has 16 heavy (non-hydrogen) atoms. The highest BCUT2D eigenvalue weighted by Gasteiger charge is 2.24. The fourth-order valence-electron chi connectivity index (χ4n) is 1.24. The average molecular weight is 264 g/mol. The van der Waals surface area contributed by atoms with E-state index in [4.69, 9.17) is 11.6 Å². The number of nitro groups is 1. The van der Waals surface area contributed by atoms with Crippen LogP contribution < -0.4 is 0 Å². The molecule has 0 aliphatic rings. The van der Waals surface area contributed by atoms with Gasteiger partial charge in [0.1, 0.15) is 4.90 Å². The lowest BCUT2D eigenvalue weighted by molar-refractivity contribution is -0.387. The number of rotatable bonds is 4. The summed E-state index contributed by atoms with van der Waals surface area (Å²) in [5.74, 6) is -0.397. The van der Waals surface area contributed by atoms with Gasteiger partial charge in [0.25, 0.3) is 5.69 Å². The fourth-order valence-corrected chi connectivity index (χ4v) is 3.00. The molecular weight excluding hydrogens is 254 g/mol. The minimum atomic E-state index is -3.68. The third-order valence-corrected chi connectivity index (χ3v) is 4.16. The van der Waals surface area contributed by atoms with Gasteiger partial charge in [-0.1, -0.05) is 6.07 Å². The predicted molar refractivity (Wildman–Crippen MR) is 60.6 cm³/mol. The fraction of sp³-hybridized carbons (Fsp3) is 0.333. The lowest BCUT2D eigenvalue weighted by atomic mass is 10.2. The van der Waals surface area contributed by atoms with E-state index >= 15 is 0 Å². The van der Waals surface area contributed by atoms with Crippen LogP contribution in [0.25, 0.3) is 0 Å². The van der Waals surface area contributed by atoms with E-state index in [0.717, 1.165) is 0 Å². The SMILES string of the molecule is Cc1ccc(S(=O)(=O)CCCl)c([N+](=O)[O-])c1. The third-order valence-electron chi connectivity index (χ3n) is 1.99. The molecular formula is C9H10ClNO4S. The Bertz CT molecular complexity index is 512. The molecule has 1 rings (SSSR count). The highest BCUT2D eigenvalue weighted by molar-refractivity contribution is 7.91. The molecule has 0 amide bonds. The van der Waals surface area contributed by atoms with Gasteiger partial charge in [-0.05, 0) is 18.6 Å². The van der Waals surface area contributed by atoms with Crippen LogP contribution in [0.4, 0.5) is 5.69 Å². The Morgan fingerprint density at radius 1 is 1.44 bits per heavy atom. The molecule has 0 spiro atoms. The maximum absolute atomic E-state index is 11.7. The maximum atomic E-state index is 11.7. The first kappa shape index (κ1) is 12.9. The molecule has 1 aromatic rings. The van der Waals surface area contributed by atoms with Crippen LogP contribution >= 0.6 is 11.6 Å². The van der Waals surface area contributed by atoms with Crippen molar-refractivity contribution in [1.29, 1.82) is 0 Å². The first-order valence-electron chi connectivity index (χ1n) is 4.42. The van der Waals surface area contributed by atoms with Gasteiger partial charge in [0.05, 0.1) is 10.7 Å². The van der Waals surface area contributed by atoms with Crippen LogP contribution in [-0.2, 0) is 9.84 Å². The van der Waals surface area contributed by atoms with Crippen LogP contribution in [0.15, 0.2) is 23.1 Å². The van der Waals surface area contributed by atoms with E-state index in [1.54, 1.807) is 6.92 Å². The van der Waals surface area contributed by atoms with Gasteiger partial charge in [-0.25, -0.2) is 8.42 Å². The zero-order valence-electron chi connectivity index (χ0n) is 8.51. The first-order valence-corrected chi connectivity index (χ1v) is 6.61. The van der Waals surface area contributed by atoms with E-state index in [9.17, 15) is 18.5 Å². The van der Waals surface area contributed by atoms with Crippen LogP contribution in [0.2, 0.25) is 0 Å². The van der Waals surface area contributed by atoms with Crippen LogP contribution in [0.1, 0.15) is 5.56 Å². The number of nitro benzene ring substituents is 1. The van der Waals surface area contributed by atoms with E-state index in [1.165, 1.54) is 18.2 Å². The van der Waals surface area contributed by atoms with Crippen molar-refractivity contribution >= 4 is 27.1 Å². The molecule has 5 nitrogen and oxygen atoms in total. The van der Waals surface area contributed by atoms with Gasteiger partial charge < -0.3 is 0 Å². The van der Waals surface area contributed by atoms with E-state index in [2.05, 4.69) is 0 Å². The molecule has 0 saturated heterocycles. The van der Waals surface area contributed by atoms with Gasteiger partial charge in [-0.15, -0.1) is 11.6 Å². The van der Waals surface area contributed by atoms with Crippen LogP contribution in [-0.4, -0.2) is 25.0 Å². The Hall–Kier alpha value is -1.14. The summed E-state index contributed by atoms with van der Waals surface area (Å²) in [6.45, 7) is 1.66. The summed E-state index contributed by atoms with van der Waals surface area (Å²) in [5.41, 5.74) is 0.238. The summed E-state index contributed by atoms with van der Waals surface area (Å²) in [5, 5.41) is 10.7. The molecule has 88 valence electrons. The molecule has 0 N–H and O–H groups in total. The van der Waals surface area contributed by atoms with Crippen molar-refractivity contribution in [2.75, 3.05) is 11.6 Å². The lowest BCUT2D eigenvalue weighted by Gasteiger charge is -2.04. The van der Waals surface area contributed by atoms with E-state index in [-0.39, 0.29) is 16.5 Å². The Morgan fingerprint density at radius 2 is 2.06 bits per heavy atom. The summed E-state index contributed by atoms with van der Waals surface area (Å²) in [4.78, 5) is 9.76. The van der Waals surface area contributed by atoms with Crippen molar-refractivity contribution in [2.24, 2.45) is 0 Å². The van der Waals surface area contributed by atoms with E-state index in [1.807, 2.05) is 0 Å². The summed E-state index contributed by atoms with van der Waals surface area (Å²) >= 11 is 5.35. The molecule has 0 atom stereocenters. The Morgan fingerprint density at radius 3 is 2.56 bits per heavy atom. The van der Waals surface area contributed by atoms with Gasteiger partial charge in [-0.3, -0.25) is 10.1 Å². The monoisotopic (exact) mass is 263 g/mol.